The molecule has 2 rings (SSSR count). The topological polar surface area (TPSA) is 49.4 Å². The first-order chi connectivity index (χ1) is 9.02. The largest absolute Gasteiger partial charge is 0.372 e. The van der Waals surface area contributed by atoms with Gasteiger partial charge in [-0.1, -0.05) is 22.9 Å². The molecule has 1 fully saturated rings. The molecule has 1 N–H and O–H groups in total. The van der Waals surface area contributed by atoms with Crippen LogP contribution in [0, 0.1) is 0 Å². The molecule has 1 saturated heterocycles. The summed E-state index contributed by atoms with van der Waals surface area (Å²) < 4.78 is 1.81. The highest BCUT2D eigenvalue weighted by Crippen LogP contribution is 2.28. The third kappa shape index (κ3) is 3.17. The van der Waals surface area contributed by atoms with Crippen molar-refractivity contribution in [2.24, 2.45) is 0 Å². The number of rotatable bonds is 4. The van der Waals surface area contributed by atoms with Crippen LogP contribution in [0.3, 0.4) is 0 Å². The molecule has 1 unspecified atom stereocenters. The van der Waals surface area contributed by atoms with Crippen molar-refractivity contribution >= 4 is 49.4 Å². The molecule has 4 nitrogen and oxygen atoms in total. The first kappa shape index (κ1) is 14.5. The monoisotopic (exact) mass is 388 g/mol. The van der Waals surface area contributed by atoms with Gasteiger partial charge in [-0.3, -0.25) is 14.5 Å². The molecule has 0 radical (unpaired) electrons. The van der Waals surface area contributed by atoms with Crippen LogP contribution >= 0.6 is 31.9 Å². The van der Waals surface area contributed by atoms with Crippen LogP contribution in [0.1, 0.15) is 19.8 Å². The van der Waals surface area contributed by atoms with Crippen LogP contribution in [0.4, 0.5) is 5.69 Å². The molecule has 0 saturated carbocycles. The van der Waals surface area contributed by atoms with Crippen molar-refractivity contribution in [3.63, 3.8) is 0 Å². The maximum Gasteiger partial charge on any atom is 0.252 e. The predicted octanol–water partition coefficient (Wildman–Crippen LogP) is 3.16. The van der Waals surface area contributed by atoms with Crippen LogP contribution in [0.5, 0.6) is 0 Å². The Bertz CT molecular complexity index is 519. The van der Waals surface area contributed by atoms with Gasteiger partial charge in [0.05, 0.1) is 6.42 Å². The predicted molar refractivity (Wildman–Crippen MR) is 80.9 cm³/mol. The molecule has 0 spiro atoms. The summed E-state index contributed by atoms with van der Waals surface area (Å²) in [6, 6.07) is 5.19. The molecule has 1 heterocycles. The van der Waals surface area contributed by atoms with Gasteiger partial charge >= 0.3 is 0 Å². The number of amides is 2. The lowest BCUT2D eigenvalue weighted by Crippen LogP contribution is -2.35. The number of hydrogen-bond donors (Lipinski definition) is 1. The van der Waals surface area contributed by atoms with Crippen molar-refractivity contribution in [2.45, 2.75) is 25.8 Å². The number of anilines is 1. The standard InChI is InChI=1S/C13H14Br2N2O2/c1-2-5-17-12(18)7-11(13(17)19)16-10-4-3-8(14)6-9(10)15/h3-4,6,11,16H,2,5,7H2,1H3. The number of halogens is 2. The minimum atomic E-state index is -0.462. The molecule has 0 aliphatic carbocycles. The SMILES string of the molecule is CCCN1C(=O)CC(Nc2ccc(Br)cc2Br)C1=O. The summed E-state index contributed by atoms with van der Waals surface area (Å²) in [5, 5.41) is 3.13. The van der Waals surface area contributed by atoms with Gasteiger partial charge in [0.1, 0.15) is 6.04 Å². The Balaban J connectivity index is 2.12. The Morgan fingerprint density at radius 3 is 2.74 bits per heavy atom. The van der Waals surface area contributed by atoms with E-state index in [0.717, 1.165) is 21.1 Å². The Morgan fingerprint density at radius 2 is 2.11 bits per heavy atom. The molecule has 1 aromatic carbocycles. The lowest BCUT2D eigenvalue weighted by molar-refractivity contribution is -0.138. The van der Waals surface area contributed by atoms with E-state index in [2.05, 4.69) is 37.2 Å². The highest BCUT2D eigenvalue weighted by molar-refractivity contribution is 9.11. The first-order valence-corrected chi connectivity index (χ1v) is 7.67. The molecule has 0 aromatic heterocycles. The number of carbonyl (C=O) groups excluding carboxylic acids is 2. The number of nitrogens with one attached hydrogen (secondary N) is 1. The number of carbonyl (C=O) groups is 2. The average Bonchev–Trinajstić information content (AvgIpc) is 2.61. The highest BCUT2D eigenvalue weighted by atomic mass is 79.9. The number of imide groups is 1. The molecular formula is C13H14Br2N2O2. The Kier molecular flexibility index (Phi) is 4.62. The third-order valence-electron chi connectivity index (χ3n) is 2.95. The summed E-state index contributed by atoms with van der Waals surface area (Å²) in [5.74, 6) is -0.237. The fourth-order valence-corrected chi connectivity index (χ4v) is 3.21. The van der Waals surface area contributed by atoms with E-state index in [-0.39, 0.29) is 18.2 Å². The molecule has 2 amide bonds. The summed E-state index contributed by atoms with van der Waals surface area (Å²) in [4.78, 5) is 25.2. The zero-order valence-electron chi connectivity index (χ0n) is 10.5. The van der Waals surface area contributed by atoms with E-state index >= 15 is 0 Å². The van der Waals surface area contributed by atoms with Crippen molar-refractivity contribution < 1.29 is 9.59 Å². The van der Waals surface area contributed by atoms with Gasteiger partial charge < -0.3 is 5.32 Å². The van der Waals surface area contributed by atoms with E-state index in [1.807, 2.05) is 25.1 Å². The summed E-state index contributed by atoms with van der Waals surface area (Å²) in [6.07, 6.45) is 1.01. The minimum Gasteiger partial charge on any atom is -0.372 e. The van der Waals surface area contributed by atoms with Crippen LogP contribution in [0.2, 0.25) is 0 Å². The van der Waals surface area contributed by atoms with Crippen LogP contribution in [-0.4, -0.2) is 29.3 Å². The van der Waals surface area contributed by atoms with E-state index in [9.17, 15) is 9.59 Å². The minimum absolute atomic E-state index is 0.0995. The number of likely N-dealkylation sites (tertiary alicyclic amines) is 1. The van der Waals surface area contributed by atoms with Gasteiger partial charge in [-0.25, -0.2) is 0 Å². The van der Waals surface area contributed by atoms with Crippen molar-refractivity contribution in [3.8, 4) is 0 Å². The van der Waals surface area contributed by atoms with Crippen LogP contribution in [0.15, 0.2) is 27.1 Å². The Hall–Kier alpha value is -0.880. The Labute approximate surface area is 128 Å². The van der Waals surface area contributed by atoms with Crippen molar-refractivity contribution in [1.29, 1.82) is 0 Å². The molecular weight excluding hydrogens is 376 g/mol. The van der Waals surface area contributed by atoms with E-state index in [4.69, 9.17) is 0 Å². The molecule has 19 heavy (non-hydrogen) atoms. The molecule has 102 valence electrons. The second-order valence-electron chi connectivity index (χ2n) is 4.41. The van der Waals surface area contributed by atoms with E-state index < -0.39 is 6.04 Å². The van der Waals surface area contributed by atoms with Gasteiger partial charge in [0.2, 0.25) is 5.91 Å². The summed E-state index contributed by atoms with van der Waals surface area (Å²) in [5.41, 5.74) is 0.813. The fourth-order valence-electron chi connectivity index (χ4n) is 2.05. The second-order valence-corrected chi connectivity index (χ2v) is 6.18. The molecule has 0 bridgehead atoms. The number of nitrogens with zero attached hydrogens (tertiary/aromatic N) is 1. The normalized spacial score (nSPS) is 19.1. The lowest BCUT2D eigenvalue weighted by atomic mass is 10.2. The second kappa shape index (κ2) is 6.05. The van der Waals surface area contributed by atoms with E-state index in [1.165, 1.54) is 4.90 Å². The molecule has 1 atom stereocenters. The van der Waals surface area contributed by atoms with Crippen molar-refractivity contribution in [1.82, 2.24) is 4.90 Å². The van der Waals surface area contributed by atoms with Gasteiger partial charge in [-0.05, 0) is 40.5 Å². The maximum atomic E-state index is 12.1. The quantitative estimate of drug-likeness (QED) is 0.804. The fraction of sp³-hybridized carbons (Fsp3) is 0.385. The smallest absolute Gasteiger partial charge is 0.252 e. The van der Waals surface area contributed by atoms with Crippen LogP contribution in [0.25, 0.3) is 0 Å². The third-order valence-corrected chi connectivity index (χ3v) is 4.10. The molecule has 1 aromatic rings. The van der Waals surface area contributed by atoms with E-state index in [0.29, 0.717) is 6.54 Å². The summed E-state index contributed by atoms with van der Waals surface area (Å²) in [7, 11) is 0. The zero-order chi connectivity index (χ0) is 14.0. The number of hydrogen-bond acceptors (Lipinski definition) is 3. The Morgan fingerprint density at radius 1 is 1.37 bits per heavy atom. The van der Waals surface area contributed by atoms with Gasteiger partial charge in [0.25, 0.3) is 5.91 Å². The van der Waals surface area contributed by atoms with Gasteiger partial charge in [-0.2, -0.15) is 0 Å². The van der Waals surface area contributed by atoms with Gasteiger partial charge in [0, 0.05) is 21.2 Å². The van der Waals surface area contributed by atoms with Crippen LogP contribution in [-0.2, 0) is 9.59 Å². The maximum absolute atomic E-state index is 12.1. The molecule has 1 aliphatic rings. The van der Waals surface area contributed by atoms with Crippen LogP contribution < -0.4 is 5.32 Å². The number of benzene rings is 1. The lowest BCUT2D eigenvalue weighted by Gasteiger charge is -2.16. The molecule has 1 aliphatic heterocycles. The van der Waals surface area contributed by atoms with Crippen molar-refractivity contribution in [3.05, 3.63) is 27.1 Å². The van der Waals surface area contributed by atoms with Gasteiger partial charge in [-0.15, -0.1) is 0 Å². The van der Waals surface area contributed by atoms with E-state index in [1.54, 1.807) is 0 Å². The summed E-state index contributed by atoms with van der Waals surface area (Å²) >= 11 is 6.81. The highest BCUT2D eigenvalue weighted by Gasteiger charge is 2.37. The zero-order valence-corrected chi connectivity index (χ0v) is 13.6. The van der Waals surface area contributed by atoms with Gasteiger partial charge in [0.15, 0.2) is 0 Å². The van der Waals surface area contributed by atoms with Crippen molar-refractivity contribution in [2.75, 3.05) is 11.9 Å². The average molecular weight is 390 g/mol. The first-order valence-electron chi connectivity index (χ1n) is 6.08. The molecule has 6 heteroatoms. The summed E-state index contributed by atoms with van der Waals surface area (Å²) in [6.45, 7) is 2.45.